The Morgan fingerprint density at radius 1 is 1.22 bits per heavy atom. The van der Waals surface area contributed by atoms with Gasteiger partial charge in [0.15, 0.2) is 11.2 Å². The van der Waals surface area contributed by atoms with Crippen LogP contribution in [0.15, 0.2) is 40.2 Å². The number of imidazole rings is 1. The number of nitrogens with one attached hydrogen (secondary N) is 2. The van der Waals surface area contributed by atoms with Gasteiger partial charge in [-0.2, -0.15) is 0 Å². The average molecular weight is 389 g/mol. The summed E-state index contributed by atoms with van der Waals surface area (Å²) in [4.78, 5) is 31.1. The maximum Gasteiger partial charge on any atom is 0.330 e. The molecule has 0 aliphatic carbocycles. The number of aryl methyl sites for hydroxylation is 1. The highest BCUT2D eigenvalue weighted by molar-refractivity contribution is 7.97. The van der Waals surface area contributed by atoms with Crippen LogP contribution in [0.1, 0.15) is 18.1 Å². The minimum Gasteiger partial charge on any atom is -0.384 e. The molecule has 2 heterocycles. The Morgan fingerprint density at radius 3 is 2.67 bits per heavy atom. The SMILES string of the molecule is CCn1cnc2c1c(=O)[nH]c(=O)n2Cc1ccc(CNSCCOC)cc1. The van der Waals surface area contributed by atoms with E-state index in [9.17, 15) is 9.59 Å². The van der Waals surface area contributed by atoms with Crippen molar-refractivity contribution in [1.29, 1.82) is 0 Å². The van der Waals surface area contributed by atoms with Gasteiger partial charge in [0.25, 0.3) is 5.56 Å². The normalized spacial score (nSPS) is 11.3. The Hall–Kier alpha value is -2.36. The van der Waals surface area contributed by atoms with Gasteiger partial charge in [-0.25, -0.2) is 9.78 Å². The van der Waals surface area contributed by atoms with Gasteiger partial charge in [-0.1, -0.05) is 36.2 Å². The van der Waals surface area contributed by atoms with Crippen molar-refractivity contribution < 1.29 is 4.74 Å². The van der Waals surface area contributed by atoms with Crippen molar-refractivity contribution in [1.82, 2.24) is 23.8 Å². The van der Waals surface area contributed by atoms with Crippen LogP contribution in [0.3, 0.4) is 0 Å². The molecule has 0 spiro atoms. The maximum atomic E-state index is 12.3. The van der Waals surface area contributed by atoms with Crippen molar-refractivity contribution in [2.75, 3.05) is 19.5 Å². The number of hydrogen-bond acceptors (Lipinski definition) is 6. The molecule has 0 saturated heterocycles. The number of ether oxygens (including phenoxy) is 1. The number of fused-ring (bicyclic) bond motifs is 1. The molecule has 9 heteroatoms. The van der Waals surface area contributed by atoms with E-state index in [1.807, 2.05) is 31.2 Å². The summed E-state index contributed by atoms with van der Waals surface area (Å²) in [6.45, 7) is 4.35. The molecule has 27 heavy (non-hydrogen) atoms. The van der Waals surface area contributed by atoms with Gasteiger partial charge in [0.1, 0.15) is 0 Å². The molecule has 0 atom stereocenters. The third-order valence-electron chi connectivity index (χ3n) is 4.23. The predicted molar refractivity (Wildman–Crippen MR) is 107 cm³/mol. The molecular weight excluding hydrogens is 366 g/mol. The summed E-state index contributed by atoms with van der Waals surface area (Å²) < 4.78 is 11.5. The number of aromatic amines is 1. The molecule has 3 rings (SSSR count). The number of rotatable bonds is 9. The zero-order valence-corrected chi connectivity index (χ0v) is 16.2. The third kappa shape index (κ3) is 4.49. The van der Waals surface area contributed by atoms with Crippen LogP contribution in [0.4, 0.5) is 0 Å². The summed E-state index contributed by atoms with van der Waals surface area (Å²) in [5.74, 6) is 0.893. The van der Waals surface area contributed by atoms with E-state index in [4.69, 9.17) is 4.74 Å². The number of H-pyrrole nitrogens is 1. The second-order valence-corrected chi connectivity index (χ2v) is 7.01. The van der Waals surface area contributed by atoms with Gasteiger partial charge in [-0.3, -0.25) is 19.1 Å². The standard InChI is InChI=1S/C18H23N5O3S/c1-3-22-12-19-16-15(22)17(24)21-18(25)23(16)11-14-6-4-13(5-7-14)10-20-27-9-8-26-2/h4-7,12,20H,3,8-11H2,1-2H3,(H,21,24,25). The molecule has 0 amide bonds. The zero-order valence-electron chi connectivity index (χ0n) is 15.4. The van der Waals surface area contributed by atoms with Crippen molar-refractivity contribution in [2.45, 2.75) is 26.6 Å². The number of nitrogens with zero attached hydrogens (tertiary/aromatic N) is 3. The maximum absolute atomic E-state index is 12.3. The summed E-state index contributed by atoms with van der Waals surface area (Å²) in [5.41, 5.74) is 2.09. The number of hydrogen-bond donors (Lipinski definition) is 2. The lowest BCUT2D eigenvalue weighted by Gasteiger charge is -2.08. The summed E-state index contributed by atoms with van der Waals surface area (Å²) in [5, 5.41) is 0. The van der Waals surface area contributed by atoms with E-state index in [-0.39, 0.29) is 0 Å². The van der Waals surface area contributed by atoms with Gasteiger partial charge < -0.3 is 9.30 Å². The summed E-state index contributed by atoms with van der Waals surface area (Å²) >= 11 is 1.62. The smallest absolute Gasteiger partial charge is 0.330 e. The molecule has 2 N–H and O–H groups in total. The molecule has 0 fully saturated rings. The first-order chi connectivity index (χ1) is 13.1. The molecule has 0 saturated carbocycles. The molecule has 3 aromatic rings. The Morgan fingerprint density at radius 2 is 1.96 bits per heavy atom. The van der Waals surface area contributed by atoms with Crippen LogP contribution in [-0.2, 0) is 24.4 Å². The molecular formula is C18H23N5O3S. The number of methoxy groups -OCH3 is 1. The highest BCUT2D eigenvalue weighted by Crippen LogP contribution is 2.10. The van der Waals surface area contributed by atoms with Gasteiger partial charge >= 0.3 is 5.69 Å². The van der Waals surface area contributed by atoms with Crippen molar-refractivity contribution >= 4 is 23.1 Å². The number of benzene rings is 1. The fourth-order valence-electron chi connectivity index (χ4n) is 2.78. The molecule has 0 aliphatic heterocycles. The molecule has 0 aliphatic rings. The van der Waals surface area contributed by atoms with Crippen LogP contribution in [0.2, 0.25) is 0 Å². The van der Waals surface area contributed by atoms with Crippen molar-refractivity contribution in [3.05, 3.63) is 62.6 Å². The van der Waals surface area contributed by atoms with Crippen molar-refractivity contribution in [2.24, 2.45) is 0 Å². The predicted octanol–water partition coefficient (Wildman–Crippen LogP) is 1.34. The van der Waals surface area contributed by atoms with Gasteiger partial charge in [-0.15, -0.1) is 0 Å². The highest BCUT2D eigenvalue weighted by atomic mass is 32.2. The lowest BCUT2D eigenvalue weighted by atomic mass is 10.1. The van der Waals surface area contributed by atoms with Crippen molar-refractivity contribution in [3.8, 4) is 0 Å². The largest absolute Gasteiger partial charge is 0.384 e. The number of aromatic nitrogens is 4. The quantitative estimate of drug-likeness (QED) is 0.424. The lowest BCUT2D eigenvalue weighted by molar-refractivity contribution is 0.218. The Balaban J connectivity index is 1.75. The minimum atomic E-state index is -0.450. The Kier molecular flexibility index (Phi) is 6.49. The molecule has 0 radical (unpaired) electrons. The second-order valence-electron chi connectivity index (χ2n) is 6.03. The van der Waals surface area contributed by atoms with Gasteiger partial charge in [-0.05, 0) is 18.1 Å². The fraction of sp³-hybridized carbons (Fsp3) is 0.389. The lowest BCUT2D eigenvalue weighted by Crippen LogP contribution is -2.31. The molecule has 0 bridgehead atoms. The van der Waals surface area contributed by atoms with Crippen LogP contribution in [0.25, 0.3) is 11.2 Å². The minimum absolute atomic E-state index is 0.350. The van der Waals surface area contributed by atoms with Crippen molar-refractivity contribution in [3.63, 3.8) is 0 Å². The van der Waals surface area contributed by atoms with Crippen LogP contribution < -0.4 is 16.0 Å². The highest BCUT2D eigenvalue weighted by Gasteiger charge is 2.13. The van der Waals surface area contributed by atoms with Gasteiger partial charge in [0.05, 0.1) is 19.5 Å². The van der Waals surface area contributed by atoms with Crippen LogP contribution in [-0.4, -0.2) is 38.6 Å². The first-order valence-corrected chi connectivity index (χ1v) is 9.72. The van der Waals surface area contributed by atoms with E-state index in [1.165, 1.54) is 4.57 Å². The summed E-state index contributed by atoms with van der Waals surface area (Å²) in [7, 11) is 1.69. The van der Waals surface area contributed by atoms with Crippen LogP contribution in [0.5, 0.6) is 0 Å². The van der Waals surface area contributed by atoms with E-state index in [0.29, 0.717) is 30.9 Å². The molecule has 0 unspecified atom stereocenters. The first kappa shape index (κ1) is 19.4. The molecule has 2 aromatic heterocycles. The summed E-state index contributed by atoms with van der Waals surface area (Å²) in [6.07, 6.45) is 1.59. The van der Waals surface area contributed by atoms with Gasteiger partial charge in [0.2, 0.25) is 0 Å². The monoisotopic (exact) mass is 389 g/mol. The van der Waals surface area contributed by atoms with E-state index < -0.39 is 11.2 Å². The third-order valence-corrected chi connectivity index (χ3v) is 4.95. The molecule has 1 aromatic carbocycles. The Labute approximate surface area is 160 Å². The Bertz CT molecular complexity index is 1010. The summed E-state index contributed by atoms with van der Waals surface area (Å²) in [6, 6.07) is 8.02. The van der Waals surface area contributed by atoms with E-state index in [2.05, 4.69) is 14.7 Å². The van der Waals surface area contributed by atoms with Gasteiger partial charge in [0, 0.05) is 26.0 Å². The van der Waals surface area contributed by atoms with Crippen LogP contribution in [0, 0.1) is 0 Å². The zero-order chi connectivity index (χ0) is 19.2. The van der Waals surface area contributed by atoms with E-state index in [0.717, 1.165) is 23.4 Å². The average Bonchev–Trinajstić information content (AvgIpc) is 3.10. The topological polar surface area (TPSA) is 93.9 Å². The van der Waals surface area contributed by atoms with Crippen LogP contribution >= 0.6 is 11.9 Å². The van der Waals surface area contributed by atoms with E-state index in [1.54, 1.807) is 30.0 Å². The second kappa shape index (κ2) is 9.03. The van der Waals surface area contributed by atoms with E-state index >= 15 is 0 Å². The fourth-order valence-corrected chi connectivity index (χ4v) is 3.45. The molecule has 144 valence electrons. The first-order valence-electron chi connectivity index (χ1n) is 8.73. The molecule has 8 nitrogen and oxygen atoms in total.